The van der Waals surface area contributed by atoms with Gasteiger partial charge in [-0.05, 0) is 60.4 Å². The van der Waals surface area contributed by atoms with E-state index in [1.165, 1.54) is 4.88 Å². The van der Waals surface area contributed by atoms with E-state index < -0.39 is 0 Å². The third kappa shape index (κ3) is 3.38. The number of hydrogen-bond donors (Lipinski definition) is 1. The summed E-state index contributed by atoms with van der Waals surface area (Å²) in [5, 5.41) is 12.7. The molecule has 0 radical (unpaired) electrons. The van der Waals surface area contributed by atoms with E-state index in [1.54, 1.807) is 18.4 Å². The average Bonchev–Trinajstić information content (AvgIpc) is 3.24. The fourth-order valence-corrected chi connectivity index (χ4v) is 3.71. The Hall–Kier alpha value is -1.92. The maximum Gasteiger partial charge on any atom is 0.190 e. The Balaban J connectivity index is 1.88. The lowest BCUT2D eigenvalue weighted by molar-refractivity contribution is 0.369. The van der Waals surface area contributed by atoms with Gasteiger partial charge in [0.25, 0.3) is 0 Å². The molecule has 0 fully saturated rings. The fourth-order valence-electron chi connectivity index (χ4n) is 2.59. The number of hydrogen-bond acceptors (Lipinski definition) is 4. The van der Waals surface area contributed by atoms with E-state index in [2.05, 4.69) is 22.8 Å². The summed E-state index contributed by atoms with van der Waals surface area (Å²) in [6.45, 7) is 2.83. The van der Waals surface area contributed by atoms with E-state index in [-0.39, 0.29) is 6.04 Å². The van der Waals surface area contributed by atoms with E-state index in [0.717, 1.165) is 30.0 Å². The molecule has 1 aliphatic heterocycles. The molecule has 1 aromatic heterocycles. The Morgan fingerprint density at radius 3 is 2.78 bits per heavy atom. The normalized spacial score (nSPS) is 17.0. The van der Waals surface area contributed by atoms with Crippen LogP contribution in [0.5, 0.6) is 5.75 Å². The highest BCUT2D eigenvalue weighted by atomic mass is 32.1. The van der Waals surface area contributed by atoms with E-state index in [4.69, 9.17) is 22.1 Å². The van der Waals surface area contributed by atoms with Crippen LogP contribution in [-0.2, 0) is 0 Å². The molecule has 0 spiro atoms. The summed E-state index contributed by atoms with van der Waals surface area (Å²) in [5.41, 5.74) is 2.15. The fraction of sp³-hybridized carbons (Fsp3) is 0.294. The number of nitrogens with one attached hydrogen (secondary N) is 1. The molecule has 1 atom stereocenters. The molecular formula is C17H19N3OS2. The number of benzene rings is 1. The Morgan fingerprint density at radius 1 is 1.39 bits per heavy atom. The first-order valence-electron chi connectivity index (χ1n) is 7.55. The molecule has 2 heterocycles. The maximum absolute atomic E-state index is 5.50. The summed E-state index contributed by atoms with van der Waals surface area (Å²) in [6, 6.07) is 12.4. The molecule has 23 heavy (non-hydrogen) atoms. The van der Waals surface area contributed by atoms with Gasteiger partial charge >= 0.3 is 0 Å². The van der Waals surface area contributed by atoms with E-state index >= 15 is 0 Å². The molecule has 0 aliphatic carbocycles. The van der Waals surface area contributed by atoms with Crippen molar-refractivity contribution in [2.75, 3.05) is 13.7 Å². The average molecular weight is 345 g/mol. The molecular weight excluding hydrogens is 326 g/mol. The second-order valence-electron chi connectivity index (χ2n) is 5.19. The summed E-state index contributed by atoms with van der Waals surface area (Å²) in [7, 11) is 1.67. The van der Waals surface area contributed by atoms with Crippen LogP contribution in [0.4, 0.5) is 0 Å². The maximum atomic E-state index is 5.50. The highest BCUT2D eigenvalue weighted by Crippen LogP contribution is 2.35. The first kappa shape index (κ1) is 16.0. The van der Waals surface area contributed by atoms with Gasteiger partial charge in [-0.1, -0.05) is 6.07 Å². The first-order chi connectivity index (χ1) is 11.2. The molecule has 1 aliphatic rings. The lowest BCUT2D eigenvalue weighted by Crippen LogP contribution is -2.36. The van der Waals surface area contributed by atoms with E-state index in [1.807, 2.05) is 36.2 Å². The van der Waals surface area contributed by atoms with Crippen LogP contribution in [0, 0.1) is 0 Å². The number of ether oxygens (including phenoxy) is 1. The van der Waals surface area contributed by atoms with Crippen molar-refractivity contribution < 1.29 is 4.74 Å². The largest absolute Gasteiger partial charge is 0.497 e. The van der Waals surface area contributed by atoms with E-state index in [9.17, 15) is 0 Å². The Labute approximate surface area is 145 Å². The van der Waals surface area contributed by atoms with Crippen molar-refractivity contribution >= 4 is 34.4 Å². The molecule has 0 saturated heterocycles. The Kier molecular flexibility index (Phi) is 4.93. The van der Waals surface area contributed by atoms with Crippen LogP contribution in [0.2, 0.25) is 0 Å². The molecule has 0 amide bonds. The van der Waals surface area contributed by atoms with Crippen molar-refractivity contribution in [2.24, 2.45) is 5.10 Å². The third-order valence-electron chi connectivity index (χ3n) is 3.74. The lowest BCUT2D eigenvalue weighted by Gasteiger charge is -2.23. The zero-order valence-electron chi connectivity index (χ0n) is 13.2. The molecule has 0 saturated carbocycles. The zero-order chi connectivity index (χ0) is 16.2. The van der Waals surface area contributed by atoms with Gasteiger partial charge in [0.2, 0.25) is 0 Å². The molecule has 120 valence electrons. The smallest absolute Gasteiger partial charge is 0.190 e. The monoisotopic (exact) mass is 345 g/mol. The van der Waals surface area contributed by atoms with Crippen molar-refractivity contribution in [1.82, 2.24) is 10.3 Å². The summed E-state index contributed by atoms with van der Waals surface area (Å²) < 4.78 is 5.22. The second kappa shape index (κ2) is 7.10. The van der Waals surface area contributed by atoms with E-state index in [0.29, 0.717) is 5.11 Å². The molecule has 3 rings (SSSR count). The number of hydrazone groups is 1. The topological polar surface area (TPSA) is 36.9 Å². The predicted octanol–water partition coefficient (Wildman–Crippen LogP) is 3.80. The number of nitrogens with zero attached hydrogens (tertiary/aromatic N) is 2. The van der Waals surface area contributed by atoms with Crippen LogP contribution >= 0.6 is 23.6 Å². The van der Waals surface area contributed by atoms with Gasteiger partial charge in [0.1, 0.15) is 5.75 Å². The lowest BCUT2D eigenvalue weighted by atomic mass is 10.0. The molecule has 1 aromatic carbocycles. The van der Waals surface area contributed by atoms with Gasteiger partial charge in [-0.2, -0.15) is 5.10 Å². The third-order valence-corrected chi connectivity index (χ3v) is 5.05. The molecule has 0 bridgehead atoms. The van der Waals surface area contributed by atoms with Crippen LogP contribution in [0.1, 0.15) is 29.8 Å². The quantitative estimate of drug-likeness (QED) is 0.855. The van der Waals surface area contributed by atoms with Gasteiger partial charge in [0.05, 0.1) is 18.9 Å². The van der Waals surface area contributed by atoms with Gasteiger partial charge in [-0.3, -0.25) is 0 Å². The van der Waals surface area contributed by atoms with Gasteiger partial charge in [-0.25, -0.2) is 5.01 Å². The van der Waals surface area contributed by atoms with Gasteiger partial charge < -0.3 is 10.1 Å². The zero-order valence-corrected chi connectivity index (χ0v) is 14.8. The standard InChI is InChI=1S/C17H19N3OS2/c1-3-18-17(22)20-15(16-5-4-10-23-16)11-14(19-20)12-6-8-13(21-2)9-7-12/h4-10,15H,3,11H2,1-2H3,(H,18,22). The molecule has 1 unspecified atom stereocenters. The highest BCUT2D eigenvalue weighted by Gasteiger charge is 2.31. The van der Waals surface area contributed by atoms with Crippen LogP contribution in [0.15, 0.2) is 46.9 Å². The predicted molar refractivity (Wildman–Crippen MR) is 99.3 cm³/mol. The van der Waals surface area contributed by atoms with Crippen molar-refractivity contribution in [3.05, 3.63) is 52.2 Å². The van der Waals surface area contributed by atoms with Crippen molar-refractivity contribution in [1.29, 1.82) is 0 Å². The summed E-state index contributed by atoms with van der Waals surface area (Å²) in [4.78, 5) is 1.28. The number of rotatable bonds is 4. The second-order valence-corrected chi connectivity index (χ2v) is 6.56. The van der Waals surface area contributed by atoms with Crippen molar-refractivity contribution in [2.45, 2.75) is 19.4 Å². The highest BCUT2D eigenvalue weighted by molar-refractivity contribution is 7.80. The van der Waals surface area contributed by atoms with Gasteiger partial charge in [0, 0.05) is 17.8 Å². The first-order valence-corrected chi connectivity index (χ1v) is 8.84. The summed E-state index contributed by atoms with van der Waals surface area (Å²) >= 11 is 7.24. The number of methoxy groups -OCH3 is 1. The molecule has 1 N–H and O–H groups in total. The molecule has 6 heteroatoms. The minimum atomic E-state index is 0.165. The van der Waals surface area contributed by atoms with Gasteiger partial charge in [0.15, 0.2) is 5.11 Å². The van der Waals surface area contributed by atoms with Crippen LogP contribution in [-0.4, -0.2) is 29.5 Å². The Bertz CT molecular complexity index is 695. The number of thiophene rings is 1. The minimum absolute atomic E-state index is 0.165. The SMILES string of the molecule is CCNC(=S)N1N=C(c2ccc(OC)cc2)CC1c1cccs1. The summed E-state index contributed by atoms with van der Waals surface area (Å²) in [5.74, 6) is 0.849. The van der Waals surface area contributed by atoms with Crippen LogP contribution in [0.3, 0.4) is 0 Å². The Morgan fingerprint density at radius 2 is 2.17 bits per heavy atom. The van der Waals surface area contributed by atoms with Crippen LogP contribution < -0.4 is 10.1 Å². The molecule has 2 aromatic rings. The van der Waals surface area contributed by atoms with Crippen molar-refractivity contribution in [3.8, 4) is 5.75 Å². The minimum Gasteiger partial charge on any atom is -0.497 e. The van der Waals surface area contributed by atoms with Crippen molar-refractivity contribution in [3.63, 3.8) is 0 Å². The number of thiocarbonyl (C=S) groups is 1. The van der Waals surface area contributed by atoms with Crippen LogP contribution in [0.25, 0.3) is 0 Å². The molecule has 4 nitrogen and oxygen atoms in total. The van der Waals surface area contributed by atoms with Gasteiger partial charge in [-0.15, -0.1) is 11.3 Å². The summed E-state index contributed by atoms with van der Waals surface area (Å²) in [6.07, 6.45) is 0.846.